The molecule has 14 heavy (non-hydrogen) atoms. The SMILES string of the molecule is COC1=CC2CCCCC2(C)CC1=O. The van der Waals surface area contributed by atoms with E-state index in [1.54, 1.807) is 7.11 Å². The smallest absolute Gasteiger partial charge is 0.197 e. The quantitative estimate of drug-likeness (QED) is 0.641. The zero-order chi connectivity index (χ0) is 10.2. The summed E-state index contributed by atoms with van der Waals surface area (Å²) in [7, 11) is 1.59. The summed E-state index contributed by atoms with van der Waals surface area (Å²) in [5, 5.41) is 0. The van der Waals surface area contributed by atoms with Gasteiger partial charge in [-0.05, 0) is 30.3 Å². The molecule has 0 saturated heterocycles. The Balaban J connectivity index is 2.27. The molecule has 0 bridgehead atoms. The highest BCUT2D eigenvalue weighted by Gasteiger charge is 2.41. The van der Waals surface area contributed by atoms with Gasteiger partial charge in [0.1, 0.15) is 0 Å². The second kappa shape index (κ2) is 3.41. The third-order valence-corrected chi connectivity index (χ3v) is 3.82. The van der Waals surface area contributed by atoms with Gasteiger partial charge in [0.15, 0.2) is 11.5 Å². The van der Waals surface area contributed by atoms with Crippen molar-refractivity contribution in [2.24, 2.45) is 11.3 Å². The molecular formula is C12H18O2. The van der Waals surface area contributed by atoms with E-state index in [0.29, 0.717) is 18.1 Å². The minimum absolute atomic E-state index is 0.188. The van der Waals surface area contributed by atoms with Crippen LogP contribution in [0.5, 0.6) is 0 Å². The molecule has 2 aliphatic carbocycles. The van der Waals surface area contributed by atoms with E-state index in [-0.39, 0.29) is 11.2 Å². The van der Waals surface area contributed by atoms with Gasteiger partial charge < -0.3 is 4.74 Å². The molecule has 0 aromatic heterocycles. The normalized spacial score (nSPS) is 37.4. The number of fused-ring (bicyclic) bond motifs is 1. The van der Waals surface area contributed by atoms with Crippen molar-refractivity contribution in [1.29, 1.82) is 0 Å². The Labute approximate surface area is 85.3 Å². The lowest BCUT2D eigenvalue weighted by Gasteiger charge is -2.42. The molecular weight excluding hydrogens is 176 g/mol. The number of Topliss-reactive ketones (excluding diaryl/α,β-unsaturated/α-hetero) is 1. The fraction of sp³-hybridized carbons (Fsp3) is 0.750. The molecule has 2 unspecified atom stereocenters. The van der Waals surface area contributed by atoms with E-state index >= 15 is 0 Å². The summed E-state index contributed by atoms with van der Waals surface area (Å²) in [5.74, 6) is 1.34. The molecule has 0 aromatic rings. The molecule has 78 valence electrons. The molecule has 0 amide bonds. The van der Waals surface area contributed by atoms with Crippen LogP contribution in [0.15, 0.2) is 11.8 Å². The van der Waals surface area contributed by atoms with Gasteiger partial charge in [-0.2, -0.15) is 0 Å². The lowest BCUT2D eigenvalue weighted by Crippen LogP contribution is -2.36. The van der Waals surface area contributed by atoms with E-state index in [2.05, 4.69) is 13.0 Å². The predicted molar refractivity (Wildman–Crippen MR) is 54.8 cm³/mol. The highest BCUT2D eigenvalue weighted by molar-refractivity contribution is 5.94. The standard InChI is InChI=1S/C12H18O2/c1-12-6-4-3-5-9(12)7-11(14-2)10(13)8-12/h7,9H,3-6,8H2,1-2H3. The van der Waals surface area contributed by atoms with E-state index in [0.717, 1.165) is 0 Å². The first-order chi connectivity index (χ1) is 6.65. The van der Waals surface area contributed by atoms with E-state index in [9.17, 15) is 4.79 Å². The Kier molecular flexibility index (Phi) is 2.38. The summed E-state index contributed by atoms with van der Waals surface area (Å²) >= 11 is 0. The predicted octanol–water partition coefficient (Wildman–Crippen LogP) is 2.69. The molecule has 2 aliphatic rings. The van der Waals surface area contributed by atoms with Gasteiger partial charge >= 0.3 is 0 Å². The Hall–Kier alpha value is -0.790. The molecule has 2 atom stereocenters. The third kappa shape index (κ3) is 1.47. The van der Waals surface area contributed by atoms with Crippen molar-refractivity contribution in [3.63, 3.8) is 0 Å². The monoisotopic (exact) mass is 194 g/mol. The largest absolute Gasteiger partial charge is 0.493 e. The Morgan fingerprint density at radius 1 is 1.50 bits per heavy atom. The fourth-order valence-corrected chi connectivity index (χ4v) is 2.84. The molecule has 1 saturated carbocycles. The van der Waals surface area contributed by atoms with Gasteiger partial charge in [-0.25, -0.2) is 0 Å². The van der Waals surface area contributed by atoms with Gasteiger partial charge in [-0.1, -0.05) is 19.8 Å². The van der Waals surface area contributed by atoms with E-state index in [1.165, 1.54) is 25.7 Å². The maximum Gasteiger partial charge on any atom is 0.197 e. The number of hydrogen-bond acceptors (Lipinski definition) is 2. The molecule has 2 nitrogen and oxygen atoms in total. The maximum atomic E-state index is 11.7. The Morgan fingerprint density at radius 3 is 3.00 bits per heavy atom. The van der Waals surface area contributed by atoms with Gasteiger partial charge in [-0.3, -0.25) is 4.79 Å². The molecule has 0 radical (unpaired) electrons. The van der Waals surface area contributed by atoms with Gasteiger partial charge in [-0.15, -0.1) is 0 Å². The first kappa shape index (κ1) is 9.75. The number of methoxy groups -OCH3 is 1. The molecule has 0 aliphatic heterocycles. The van der Waals surface area contributed by atoms with Crippen LogP contribution in [0.25, 0.3) is 0 Å². The number of ketones is 1. The van der Waals surface area contributed by atoms with Crippen LogP contribution in [0.4, 0.5) is 0 Å². The summed E-state index contributed by atoms with van der Waals surface area (Å²) in [6.45, 7) is 2.25. The van der Waals surface area contributed by atoms with Crippen molar-refractivity contribution in [2.45, 2.75) is 39.0 Å². The molecule has 0 spiro atoms. The fourth-order valence-electron chi connectivity index (χ4n) is 2.84. The van der Waals surface area contributed by atoms with Crippen LogP contribution in [-0.4, -0.2) is 12.9 Å². The van der Waals surface area contributed by atoms with Crippen LogP contribution < -0.4 is 0 Å². The van der Waals surface area contributed by atoms with E-state index < -0.39 is 0 Å². The summed E-state index contributed by atoms with van der Waals surface area (Å²) in [6, 6.07) is 0. The Bertz CT molecular complexity index is 280. The van der Waals surface area contributed by atoms with Crippen LogP contribution in [0.3, 0.4) is 0 Å². The molecule has 1 fully saturated rings. The van der Waals surface area contributed by atoms with Crippen LogP contribution in [0.1, 0.15) is 39.0 Å². The first-order valence-electron chi connectivity index (χ1n) is 5.45. The second-order valence-corrected chi connectivity index (χ2v) is 4.84. The summed E-state index contributed by atoms with van der Waals surface area (Å²) in [5.41, 5.74) is 0.220. The van der Waals surface area contributed by atoms with Gasteiger partial charge in [0, 0.05) is 6.42 Å². The van der Waals surface area contributed by atoms with Crippen LogP contribution >= 0.6 is 0 Å². The lowest BCUT2D eigenvalue weighted by molar-refractivity contribution is -0.123. The molecule has 0 aromatic carbocycles. The number of ether oxygens (including phenoxy) is 1. The van der Waals surface area contributed by atoms with Gasteiger partial charge in [0.2, 0.25) is 0 Å². The molecule has 0 heterocycles. The van der Waals surface area contributed by atoms with Crippen molar-refractivity contribution in [2.75, 3.05) is 7.11 Å². The number of rotatable bonds is 1. The van der Waals surface area contributed by atoms with Crippen LogP contribution in [-0.2, 0) is 9.53 Å². The average molecular weight is 194 g/mol. The lowest BCUT2D eigenvalue weighted by atomic mass is 9.62. The number of allylic oxidation sites excluding steroid dienone is 2. The second-order valence-electron chi connectivity index (χ2n) is 4.84. The number of hydrogen-bond donors (Lipinski definition) is 0. The van der Waals surface area contributed by atoms with Crippen LogP contribution in [0, 0.1) is 11.3 Å². The average Bonchev–Trinajstić information content (AvgIpc) is 2.15. The summed E-state index contributed by atoms with van der Waals surface area (Å²) < 4.78 is 5.11. The Morgan fingerprint density at radius 2 is 2.29 bits per heavy atom. The summed E-state index contributed by atoms with van der Waals surface area (Å²) in [4.78, 5) is 11.7. The number of carbonyl (C=O) groups is 1. The highest BCUT2D eigenvalue weighted by Crippen LogP contribution is 2.47. The third-order valence-electron chi connectivity index (χ3n) is 3.82. The van der Waals surface area contributed by atoms with Gasteiger partial charge in [0.05, 0.1) is 7.11 Å². The zero-order valence-electron chi connectivity index (χ0n) is 9.01. The van der Waals surface area contributed by atoms with Crippen LogP contribution in [0.2, 0.25) is 0 Å². The maximum absolute atomic E-state index is 11.7. The first-order valence-corrected chi connectivity index (χ1v) is 5.45. The molecule has 2 rings (SSSR count). The van der Waals surface area contributed by atoms with Crippen molar-refractivity contribution in [3.8, 4) is 0 Å². The molecule has 2 heteroatoms. The minimum Gasteiger partial charge on any atom is -0.493 e. The molecule has 0 N–H and O–H groups in total. The minimum atomic E-state index is 0.188. The van der Waals surface area contributed by atoms with Crippen molar-refractivity contribution >= 4 is 5.78 Å². The van der Waals surface area contributed by atoms with E-state index in [1.807, 2.05) is 0 Å². The topological polar surface area (TPSA) is 26.3 Å². The van der Waals surface area contributed by atoms with E-state index in [4.69, 9.17) is 4.74 Å². The highest BCUT2D eigenvalue weighted by atomic mass is 16.5. The zero-order valence-corrected chi connectivity index (χ0v) is 9.01. The van der Waals surface area contributed by atoms with Gasteiger partial charge in [0.25, 0.3) is 0 Å². The van der Waals surface area contributed by atoms with Crippen molar-refractivity contribution in [3.05, 3.63) is 11.8 Å². The summed E-state index contributed by atoms with van der Waals surface area (Å²) in [6.07, 6.45) is 7.72. The van der Waals surface area contributed by atoms with Crippen molar-refractivity contribution < 1.29 is 9.53 Å². The number of carbonyl (C=O) groups excluding carboxylic acids is 1. The van der Waals surface area contributed by atoms with Crippen molar-refractivity contribution in [1.82, 2.24) is 0 Å².